The van der Waals surface area contributed by atoms with E-state index in [1.54, 1.807) is 19.5 Å². The highest BCUT2D eigenvalue weighted by molar-refractivity contribution is 5.83. The molecule has 2 aromatic carbocycles. The number of aromatic nitrogens is 4. The van der Waals surface area contributed by atoms with Gasteiger partial charge in [-0.2, -0.15) is 9.67 Å². The molecule has 0 amide bonds. The number of pyridine rings is 1. The molecule has 0 aliphatic heterocycles. The predicted octanol–water partition coefficient (Wildman–Crippen LogP) is 3.84. The maximum absolute atomic E-state index is 13.0. The first-order chi connectivity index (χ1) is 14.7. The van der Waals surface area contributed by atoms with Gasteiger partial charge in [0.25, 0.3) is 5.91 Å². The Morgan fingerprint density at radius 1 is 1.00 bits per heavy atom. The maximum atomic E-state index is 13.0. The lowest BCUT2D eigenvalue weighted by molar-refractivity contribution is 0.0901. The fourth-order valence-corrected chi connectivity index (χ4v) is 2.99. The van der Waals surface area contributed by atoms with Gasteiger partial charge in [-0.15, -0.1) is 5.10 Å². The molecule has 0 saturated carbocycles. The van der Waals surface area contributed by atoms with Gasteiger partial charge in [0.2, 0.25) is 5.95 Å². The summed E-state index contributed by atoms with van der Waals surface area (Å²) < 4.78 is 6.50. The fourth-order valence-electron chi connectivity index (χ4n) is 2.99. The monoisotopic (exact) mass is 399 g/mol. The van der Waals surface area contributed by atoms with Gasteiger partial charge in [0.15, 0.2) is 5.82 Å². The summed E-state index contributed by atoms with van der Waals surface area (Å²) in [4.78, 5) is 21.7. The quantitative estimate of drug-likeness (QED) is 0.508. The van der Waals surface area contributed by atoms with E-state index in [2.05, 4.69) is 20.4 Å². The zero-order chi connectivity index (χ0) is 20.8. The highest BCUT2D eigenvalue weighted by atomic mass is 16.5. The van der Waals surface area contributed by atoms with E-state index in [9.17, 15) is 4.79 Å². The van der Waals surface area contributed by atoms with Crippen LogP contribution >= 0.6 is 0 Å². The van der Waals surface area contributed by atoms with Crippen molar-refractivity contribution in [3.05, 3.63) is 90.3 Å². The Bertz CT molecular complexity index is 1110. The second kappa shape index (κ2) is 9.00. The molecule has 2 heterocycles. The highest BCUT2D eigenvalue weighted by Gasteiger charge is 2.18. The number of methoxy groups -OCH3 is 1. The third-order valence-corrected chi connectivity index (χ3v) is 4.57. The van der Waals surface area contributed by atoms with E-state index < -0.39 is 0 Å². The molecule has 7 nitrogen and oxygen atoms in total. The molecule has 30 heavy (non-hydrogen) atoms. The number of hydrogen-bond acceptors (Lipinski definition) is 6. The molecule has 150 valence electrons. The molecule has 4 aromatic rings. The molecule has 0 fully saturated rings. The van der Waals surface area contributed by atoms with Crippen LogP contribution in [0.4, 0.5) is 5.95 Å². The lowest BCUT2D eigenvalue weighted by Gasteiger charge is -2.08. The van der Waals surface area contributed by atoms with Gasteiger partial charge in [-0.1, -0.05) is 42.5 Å². The SMILES string of the molecule is COc1ccc(CC(=O)n2nc(-c3cccnc3)nc2NCc2ccccc2)cc1. The predicted molar refractivity (Wildman–Crippen MR) is 114 cm³/mol. The smallest absolute Gasteiger partial charge is 0.254 e. The molecular formula is C23H21N5O2. The van der Waals surface area contributed by atoms with Crippen molar-refractivity contribution in [2.75, 3.05) is 12.4 Å². The zero-order valence-electron chi connectivity index (χ0n) is 16.5. The van der Waals surface area contributed by atoms with Crippen molar-refractivity contribution < 1.29 is 9.53 Å². The van der Waals surface area contributed by atoms with Gasteiger partial charge in [-0.3, -0.25) is 9.78 Å². The largest absolute Gasteiger partial charge is 0.497 e. The third-order valence-electron chi connectivity index (χ3n) is 4.57. The Balaban J connectivity index is 1.60. The average Bonchev–Trinajstić information content (AvgIpc) is 3.24. The van der Waals surface area contributed by atoms with Gasteiger partial charge in [-0.05, 0) is 35.4 Å². The summed E-state index contributed by atoms with van der Waals surface area (Å²) in [6, 6.07) is 21.0. The average molecular weight is 399 g/mol. The second-order valence-corrected chi connectivity index (χ2v) is 6.67. The van der Waals surface area contributed by atoms with Crippen LogP contribution < -0.4 is 10.1 Å². The van der Waals surface area contributed by atoms with Crippen LogP contribution in [0.5, 0.6) is 5.75 Å². The minimum absolute atomic E-state index is 0.182. The summed E-state index contributed by atoms with van der Waals surface area (Å²) in [6.45, 7) is 0.530. The number of rotatable bonds is 7. The molecule has 0 bridgehead atoms. The Kier molecular flexibility index (Phi) is 5.80. The minimum Gasteiger partial charge on any atom is -0.497 e. The van der Waals surface area contributed by atoms with E-state index in [0.717, 1.165) is 22.4 Å². The maximum Gasteiger partial charge on any atom is 0.254 e. The second-order valence-electron chi connectivity index (χ2n) is 6.67. The molecular weight excluding hydrogens is 378 g/mol. The van der Waals surface area contributed by atoms with E-state index in [-0.39, 0.29) is 12.3 Å². The van der Waals surface area contributed by atoms with E-state index in [1.165, 1.54) is 4.68 Å². The van der Waals surface area contributed by atoms with Crippen molar-refractivity contribution in [3.8, 4) is 17.1 Å². The number of carbonyl (C=O) groups is 1. The van der Waals surface area contributed by atoms with Gasteiger partial charge in [-0.25, -0.2) is 0 Å². The van der Waals surface area contributed by atoms with Crippen molar-refractivity contribution in [2.45, 2.75) is 13.0 Å². The van der Waals surface area contributed by atoms with Gasteiger partial charge in [0, 0.05) is 24.5 Å². The summed E-state index contributed by atoms with van der Waals surface area (Å²) in [5.41, 5.74) is 2.70. The number of nitrogens with zero attached hydrogens (tertiary/aromatic N) is 4. The van der Waals surface area contributed by atoms with Crippen molar-refractivity contribution in [3.63, 3.8) is 0 Å². The van der Waals surface area contributed by atoms with Crippen LogP contribution in [0.15, 0.2) is 79.1 Å². The first kappa shape index (κ1) is 19.3. The molecule has 0 radical (unpaired) electrons. The third kappa shape index (κ3) is 4.52. The molecule has 0 aliphatic carbocycles. The van der Waals surface area contributed by atoms with Gasteiger partial charge < -0.3 is 10.1 Å². The van der Waals surface area contributed by atoms with Crippen LogP contribution in [0.25, 0.3) is 11.4 Å². The van der Waals surface area contributed by atoms with Crippen molar-refractivity contribution in [2.24, 2.45) is 0 Å². The number of ether oxygens (including phenoxy) is 1. The molecule has 4 rings (SSSR count). The molecule has 0 atom stereocenters. The Hall–Kier alpha value is -4.00. The molecule has 7 heteroatoms. The van der Waals surface area contributed by atoms with Crippen molar-refractivity contribution >= 4 is 11.9 Å². The molecule has 0 unspecified atom stereocenters. The Labute approximate surface area is 174 Å². The summed E-state index contributed by atoms with van der Waals surface area (Å²) >= 11 is 0. The first-order valence-corrected chi connectivity index (χ1v) is 9.54. The lowest BCUT2D eigenvalue weighted by atomic mass is 10.1. The first-order valence-electron chi connectivity index (χ1n) is 9.54. The number of hydrogen-bond donors (Lipinski definition) is 1. The molecule has 1 N–H and O–H groups in total. The van der Waals surface area contributed by atoms with E-state index >= 15 is 0 Å². The van der Waals surface area contributed by atoms with Crippen LogP contribution in [0.2, 0.25) is 0 Å². The number of anilines is 1. The summed E-state index contributed by atoms with van der Waals surface area (Å²) in [7, 11) is 1.61. The van der Waals surface area contributed by atoms with E-state index in [4.69, 9.17) is 4.74 Å². The van der Waals surface area contributed by atoms with Crippen LogP contribution in [0.3, 0.4) is 0 Å². The number of benzene rings is 2. The van der Waals surface area contributed by atoms with Gasteiger partial charge in [0.05, 0.1) is 13.5 Å². The molecule has 0 spiro atoms. The van der Waals surface area contributed by atoms with Crippen LogP contribution in [-0.2, 0) is 13.0 Å². The van der Waals surface area contributed by atoms with Crippen molar-refractivity contribution in [1.82, 2.24) is 19.7 Å². The standard InChI is InChI=1S/C23H21N5O2/c1-30-20-11-9-17(10-12-20)14-21(29)28-23(25-15-18-6-3-2-4-7-18)26-22(27-28)19-8-5-13-24-16-19/h2-13,16H,14-15H2,1H3,(H,25,26,27). The van der Waals surface area contributed by atoms with E-state index in [1.807, 2.05) is 66.7 Å². The number of carbonyl (C=O) groups excluding carboxylic acids is 1. The Morgan fingerprint density at radius 3 is 2.50 bits per heavy atom. The normalized spacial score (nSPS) is 10.6. The molecule has 0 saturated heterocycles. The van der Waals surface area contributed by atoms with Crippen LogP contribution in [0, 0.1) is 0 Å². The summed E-state index contributed by atoms with van der Waals surface area (Å²) in [6.07, 6.45) is 3.55. The topological polar surface area (TPSA) is 81.9 Å². The fraction of sp³-hybridized carbons (Fsp3) is 0.130. The van der Waals surface area contributed by atoms with Crippen molar-refractivity contribution in [1.29, 1.82) is 0 Å². The number of nitrogens with one attached hydrogen (secondary N) is 1. The lowest BCUT2D eigenvalue weighted by Crippen LogP contribution is -2.18. The van der Waals surface area contributed by atoms with Crippen LogP contribution in [0.1, 0.15) is 15.9 Å². The highest BCUT2D eigenvalue weighted by Crippen LogP contribution is 2.19. The summed E-state index contributed by atoms with van der Waals surface area (Å²) in [5, 5.41) is 7.68. The van der Waals surface area contributed by atoms with Gasteiger partial charge in [0.1, 0.15) is 5.75 Å². The van der Waals surface area contributed by atoms with E-state index in [0.29, 0.717) is 18.3 Å². The summed E-state index contributed by atoms with van der Waals surface area (Å²) in [5.74, 6) is 1.41. The zero-order valence-corrected chi connectivity index (χ0v) is 16.5. The molecule has 2 aromatic heterocycles. The minimum atomic E-state index is -0.182. The van der Waals surface area contributed by atoms with Crippen LogP contribution in [-0.4, -0.2) is 32.8 Å². The molecule has 0 aliphatic rings. The Morgan fingerprint density at radius 2 is 1.80 bits per heavy atom. The van der Waals surface area contributed by atoms with Gasteiger partial charge >= 0.3 is 0 Å².